The maximum atomic E-state index is 12.0. The maximum absolute atomic E-state index is 12.0. The molecule has 1 amide bonds. The first-order chi connectivity index (χ1) is 11.6. The quantitative estimate of drug-likeness (QED) is 0.713. The Kier molecular flexibility index (Phi) is 5.13. The Morgan fingerprint density at radius 1 is 1.25 bits per heavy atom. The van der Waals surface area contributed by atoms with Crippen molar-refractivity contribution in [3.05, 3.63) is 64.6 Å². The minimum absolute atomic E-state index is 0.0998. The molecule has 0 saturated heterocycles. The fourth-order valence-electron chi connectivity index (χ4n) is 2.12. The average molecular weight is 359 g/mol. The molecular weight excluding hydrogens is 344 g/mol. The zero-order valence-corrected chi connectivity index (χ0v) is 14.5. The van der Waals surface area contributed by atoms with Crippen molar-refractivity contribution in [1.82, 2.24) is 4.98 Å². The molecule has 1 aromatic heterocycles. The summed E-state index contributed by atoms with van der Waals surface area (Å²) in [4.78, 5) is 16.3. The molecule has 0 unspecified atom stereocenters. The summed E-state index contributed by atoms with van der Waals surface area (Å²) in [7, 11) is 0. The predicted octanol–water partition coefficient (Wildman–Crippen LogP) is 4.79. The van der Waals surface area contributed by atoms with Crippen LogP contribution in [0.25, 0.3) is 10.6 Å². The fourth-order valence-corrected chi connectivity index (χ4v) is 2.94. The van der Waals surface area contributed by atoms with Gasteiger partial charge in [0.1, 0.15) is 10.8 Å². The summed E-state index contributed by atoms with van der Waals surface area (Å²) in [5.41, 5.74) is 2.75. The molecule has 0 radical (unpaired) electrons. The highest BCUT2D eigenvalue weighted by molar-refractivity contribution is 7.13. The van der Waals surface area contributed by atoms with E-state index < -0.39 is 0 Å². The standard InChI is InChI=1S/C18H15ClN2O2S/c1-12-2-7-15(19)16(10-12)23-11-17(22)21-14-5-3-13(4-6-14)18-20-8-9-24-18/h2-10H,11H2,1H3,(H,21,22). The lowest BCUT2D eigenvalue weighted by molar-refractivity contribution is -0.118. The molecule has 0 aliphatic rings. The molecular formula is C18H15ClN2O2S. The Balaban J connectivity index is 1.58. The Hall–Kier alpha value is -2.37. The molecule has 0 aliphatic heterocycles. The summed E-state index contributed by atoms with van der Waals surface area (Å²) < 4.78 is 5.48. The molecule has 2 aromatic carbocycles. The number of halogens is 1. The van der Waals surface area contributed by atoms with Gasteiger partial charge in [0.05, 0.1) is 5.02 Å². The lowest BCUT2D eigenvalue weighted by Gasteiger charge is -2.09. The second kappa shape index (κ2) is 7.47. The van der Waals surface area contributed by atoms with Crippen LogP contribution in [0, 0.1) is 6.92 Å². The van der Waals surface area contributed by atoms with Crippen LogP contribution in [0.5, 0.6) is 5.75 Å². The van der Waals surface area contributed by atoms with Crippen molar-refractivity contribution >= 4 is 34.5 Å². The van der Waals surface area contributed by atoms with Crippen molar-refractivity contribution in [3.8, 4) is 16.3 Å². The topological polar surface area (TPSA) is 51.2 Å². The van der Waals surface area contributed by atoms with E-state index in [1.54, 1.807) is 29.7 Å². The summed E-state index contributed by atoms with van der Waals surface area (Å²) in [5, 5.41) is 6.16. The number of hydrogen-bond donors (Lipinski definition) is 1. The number of nitrogens with zero attached hydrogens (tertiary/aromatic N) is 1. The number of carbonyl (C=O) groups is 1. The minimum atomic E-state index is -0.241. The Bertz CT molecular complexity index is 833. The van der Waals surface area contributed by atoms with E-state index >= 15 is 0 Å². The third kappa shape index (κ3) is 4.13. The Morgan fingerprint density at radius 2 is 2.04 bits per heavy atom. The van der Waals surface area contributed by atoms with E-state index in [2.05, 4.69) is 10.3 Å². The largest absolute Gasteiger partial charge is 0.482 e. The number of hydrogen-bond acceptors (Lipinski definition) is 4. The molecule has 1 N–H and O–H groups in total. The van der Waals surface area contributed by atoms with E-state index in [0.29, 0.717) is 16.5 Å². The fraction of sp³-hybridized carbons (Fsp3) is 0.111. The Morgan fingerprint density at radius 3 is 2.75 bits per heavy atom. The molecule has 0 bridgehead atoms. The van der Waals surface area contributed by atoms with Gasteiger partial charge in [0, 0.05) is 22.8 Å². The van der Waals surface area contributed by atoms with Gasteiger partial charge in [0.25, 0.3) is 5.91 Å². The maximum Gasteiger partial charge on any atom is 0.262 e. The second-order valence-electron chi connectivity index (χ2n) is 5.19. The molecule has 1 heterocycles. The van der Waals surface area contributed by atoms with Crippen molar-refractivity contribution in [3.63, 3.8) is 0 Å². The minimum Gasteiger partial charge on any atom is -0.482 e. The molecule has 4 nitrogen and oxygen atoms in total. The summed E-state index contributed by atoms with van der Waals surface area (Å²) in [6.07, 6.45) is 1.77. The summed E-state index contributed by atoms with van der Waals surface area (Å²) >= 11 is 7.62. The van der Waals surface area contributed by atoms with Crippen LogP contribution in [-0.2, 0) is 4.79 Å². The molecule has 24 heavy (non-hydrogen) atoms. The molecule has 6 heteroatoms. The summed E-state index contributed by atoms with van der Waals surface area (Å²) in [6.45, 7) is 1.84. The van der Waals surface area contributed by atoms with Crippen LogP contribution in [0.2, 0.25) is 5.02 Å². The zero-order chi connectivity index (χ0) is 16.9. The van der Waals surface area contributed by atoms with E-state index in [4.69, 9.17) is 16.3 Å². The van der Waals surface area contributed by atoms with Gasteiger partial charge < -0.3 is 10.1 Å². The van der Waals surface area contributed by atoms with Crippen molar-refractivity contribution in [1.29, 1.82) is 0 Å². The average Bonchev–Trinajstić information content (AvgIpc) is 3.11. The first-order valence-corrected chi connectivity index (χ1v) is 8.56. The third-order valence-electron chi connectivity index (χ3n) is 3.29. The molecule has 0 fully saturated rings. The monoisotopic (exact) mass is 358 g/mol. The number of rotatable bonds is 5. The number of amides is 1. The second-order valence-corrected chi connectivity index (χ2v) is 6.49. The molecule has 0 saturated carbocycles. The Labute approximate surface area is 149 Å². The molecule has 3 aromatic rings. The molecule has 3 rings (SSSR count). The number of benzene rings is 2. The highest BCUT2D eigenvalue weighted by Gasteiger charge is 2.07. The number of aryl methyl sites for hydroxylation is 1. The van der Waals surface area contributed by atoms with Crippen LogP contribution in [0.4, 0.5) is 5.69 Å². The van der Waals surface area contributed by atoms with Crippen molar-refractivity contribution < 1.29 is 9.53 Å². The van der Waals surface area contributed by atoms with Gasteiger partial charge in [0.15, 0.2) is 6.61 Å². The third-order valence-corrected chi connectivity index (χ3v) is 4.43. The number of ether oxygens (including phenoxy) is 1. The van der Waals surface area contributed by atoms with Crippen LogP contribution in [0.15, 0.2) is 54.0 Å². The molecule has 0 atom stereocenters. The summed E-state index contributed by atoms with van der Waals surface area (Å²) in [6, 6.07) is 13.0. The van der Waals surface area contributed by atoms with Crippen LogP contribution >= 0.6 is 22.9 Å². The smallest absolute Gasteiger partial charge is 0.262 e. The van der Waals surface area contributed by atoms with Gasteiger partial charge in [-0.15, -0.1) is 11.3 Å². The van der Waals surface area contributed by atoms with Crippen molar-refractivity contribution in [2.75, 3.05) is 11.9 Å². The highest BCUT2D eigenvalue weighted by Crippen LogP contribution is 2.25. The zero-order valence-electron chi connectivity index (χ0n) is 13.0. The molecule has 0 spiro atoms. The van der Waals surface area contributed by atoms with Crippen molar-refractivity contribution in [2.24, 2.45) is 0 Å². The first kappa shape index (κ1) is 16.5. The van der Waals surface area contributed by atoms with Gasteiger partial charge in [-0.2, -0.15) is 0 Å². The van der Waals surface area contributed by atoms with Gasteiger partial charge in [-0.3, -0.25) is 4.79 Å². The number of aromatic nitrogens is 1. The first-order valence-electron chi connectivity index (χ1n) is 7.30. The summed E-state index contributed by atoms with van der Waals surface area (Å²) in [5.74, 6) is 0.264. The van der Waals surface area contributed by atoms with Crippen LogP contribution in [0.1, 0.15) is 5.56 Å². The van der Waals surface area contributed by atoms with Gasteiger partial charge >= 0.3 is 0 Å². The van der Waals surface area contributed by atoms with Gasteiger partial charge in [0.2, 0.25) is 0 Å². The van der Waals surface area contributed by atoms with E-state index in [9.17, 15) is 4.79 Å². The highest BCUT2D eigenvalue weighted by atomic mass is 35.5. The van der Waals surface area contributed by atoms with E-state index in [-0.39, 0.29) is 12.5 Å². The number of nitrogens with one attached hydrogen (secondary N) is 1. The van der Waals surface area contributed by atoms with Crippen molar-refractivity contribution in [2.45, 2.75) is 6.92 Å². The van der Waals surface area contributed by atoms with Gasteiger partial charge in [-0.05, 0) is 48.9 Å². The van der Waals surface area contributed by atoms with Crippen LogP contribution in [0.3, 0.4) is 0 Å². The number of thiazole rings is 1. The van der Waals surface area contributed by atoms with E-state index in [1.807, 2.05) is 42.6 Å². The number of anilines is 1. The van der Waals surface area contributed by atoms with Gasteiger partial charge in [-0.25, -0.2) is 4.98 Å². The van der Waals surface area contributed by atoms with Gasteiger partial charge in [-0.1, -0.05) is 17.7 Å². The van der Waals surface area contributed by atoms with Crippen LogP contribution < -0.4 is 10.1 Å². The molecule has 122 valence electrons. The van der Waals surface area contributed by atoms with Crippen LogP contribution in [-0.4, -0.2) is 17.5 Å². The lowest BCUT2D eigenvalue weighted by atomic mass is 10.2. The van der Waals surface area contributed by atoms with E-state index in [0.717, 1.165) is 16.1 Å². The number of carbonyl (C=O) groups excluding carboxylic acids is 1. The normalized spacial score (nSPS) is 10.4. The molecule has 0 aliphatic carbocycles. The lowest BCUT2D eigenvalue weighted by Crippen LogP contribution is -2.20. The predicted molar refractivity (Wildman–Crippen MR) is 97.9 cm³/mol. The van der Waals surface area contributed by atoms with E-state index in [1.165, 1.54) is 0 Å². The SMILES string of the molecule is Cc1ccc(Cl)c(OCC(=O)Nc2ccc(-c3nccs3)cc2)c1.